The summed E-state index contributed by atoms with van der Waals surface area (Å²) in [6.45, 7) is 9.53. The highest BCUT2D eigenvalue weighted by Crippen LogP contribution is 2.45. The van der Waals surface area contributed by atoms with Crippen LogP contribution in [-0.2, 0) is 65.4 Å². The number of carbonyl (C=O) groups is 4. The molecule has 0 fully saturated rings. The molecule has 3 N–H and O–H groups in total. The number of aliphatic hydroxyl groups excluding tert-OH is 1. The highest BCUT2D eigenvalue weighted by Gasteiger charge is 2.30. The number of hydrogen-bond donors (Lipinski definition) is 3. The Bertz CT molecular complexity index is 1840. The van der Waals surface area contributed by atoms with Gasteiger partial charge < -0.3 is 33.8 Å². The van der Waals surface area contributed by atoms with Crippen LogP contribution in [-0.4, -0.2) is 96.7 Å². The molecule has 6 atom stereocenters. The Morgan fingerprint density at radius 3 is 0.800 bits per heavy atom. The summed E-state index contributed by atoms with van der Waals surface area (Å²) in [7, 11) is -9.90. The maximum absolute atomic E-state index is 13.1. The van der Waals surface area contributed by atoms with Crippen LogP contribution < -0.4 is 0 Å². The normalized spacial score (nSPS) is 14.3. The Balaban J connectivity index is 5.13. The fourth-order valence-corrected chi connectivity index (χ4v) is 13.2. The first-order valence-electron chi connectivity index (χ1n) is 39.5. The van der Waals surface area contributed by atoms with Crippen molar-refractivity contribution in [3.8, 4) is 0 Å². The van der Waals surface area contributed by atoms with Crippen molar-refractivity contribution < 1.29 is 80.2 Å². The third-order valence-electron chi connectivity index (χ3n) is 18.1. The van der Waals surface area contributed by atoms with E-state index >= 15 is 0 Å². The van der Waals surface area contributed by atoms with Gasteiger partial charge in [0.2, 0.25) is 0 Å². The van der Waals surface area contributed by atoms with Gasteiger partial charge in [0.1, 0.15) is 19.3 Å². The first-order valence-corrected chi connectivity index (χ1v) is 42.5. The Morgan fingerprint density at radius 1 is 0.305 bits per heavy atom. The molecular formula is C76H148O17P2. The Morgan fingerprint density at radius 2 is 0.537 bits per heavy atom. The fourth-order valence-electron chi connectivity index (χ4n) is 11.6. The Labute approximate surface area is 581 Å². The van der Waals surface area contributed by atoms with Gasteiger partial charge >= 0.3 is 39.5 Å². The number of ether oxygens (including phenoxy) is 4. The lowest BCUT2D eigenvalue weighted by atomic mass is 9.99. The lowest BCUT2D eigenvalue weighted by molar-refractivity contribution is -0.161. The largest absolute Gasteiger partial charge is 0.472 e. The van der Waals surface area contributed by atoms with Crippen molar-refractivity contribution in [3.63, 3.8) is 0 Å². The molecule has 19 heteroatoms. The number of unbranched alkanes of at least 4 members (excludes halogenated alkanes) is 44. The average molecular weight is 1400 g/mol. The van der Waals surface area contributed by atoms with Crippen LogP contribution >= 0.6 is 15.6 Å². The number of phosphoric ester groups is 2. The molecule has 95 heavy (non-hydrogen) atoms. The number of rotatable bonds is 75. The zero-order valence-corrected chi connectivity index (χ0v) is 63.8. The van der Waals surface area contributed by atoms with Crippen LogP contribution in [0.4, 0.5) is 0 Å². The van der Waals surface area contributed by atoms with Gasteiger partial charge in [-0.15, -0.1) is 0 Å². The van der Waals surface area contributed by atoms with Gasteiger partial charge in [-0.2, -0.15) is 0 Å². The summed E-state index contributed by atoms with van der Waals surface area (Å²) in [6.07, 6.45) is 56.0. The Kier molecular flexibility index (Phi) is 66.5. The minimum Gasteiger partial charge on any atom is -0.462 e. The predicted molar refractivity (Wildman–Crippen MR) is 386 cm³/mol. The van der Waals surface area contributed by atoms with E-state index in [1.165, 1.54) is 205 Å². The summed E-state index contributed by atoms with van der Waals surface area (Å²) in [6, 6.07) is 0. The zero-order valence-electron chi connectivity index (χ0n) is 62.0. The van der Waals surface area contributed by atoms with Gasteiger partial charge in [-0.1, -0.05) is 343 Å². The molecule has 0 rings (SSSR count). The van der Waals surface area contributed by atoms with Gasteiger partial charge in [0.15, 0.2) is 12.2 Å². The Hall–Kier alpha value is -1.94. The molecular weight excluding hydrogens is 1250 g/mol. The SMILES string of the molecule is CCCCCCCCCCCCCCCCCCCCCCC(=O)O[C@H](COC(=O)CCCCCCCCCCCCCCCCC(C)CC)COP(=O)(O)OC[C@@H](O)COP(=O)(O)OC[C@@H](COC(=O)CCCCCCC)OC(=O)CCCCCCCCCCCC(C)C. The van der Waals surface area contributed by atoms with Crippen molar-refractivity contribution in [2.75, 3.05) is 39.6 Å². The summed E-state index contributed by atoms with van der Waals surface area (Å²) < 4.78 is 68.3. The van der Waals surface area contributed by atoms with Crippen molar-refractivity contribution in [1.82, 2.24) is 0 Å². The number of esters is 4. The summed E-state index contributed by atoms with van der Waals surface area (Å²) >= 11 is 0. The van der Waals surface area contributed by atoms with Crippen LogP contribution in [0.15, 0.2) is 0 Å². The lowest BCUT2D eigenvalue weighted by Gasteiger charge is -2.21. The van der Waals surface area contributed by atoms with Gasteiger partial charge in [-0.25, -0.2) is 9.13 Å². The third kappa shape index (κ3) is 69.0. The predicted octanol–water partition coefficient (Wildman–Crippen LogP) is 22.3. The molecule has 0 aromatic carbocycles. The monoisotopic (exact) mass is 1400 g/mol. The summed E-state index contributed by atoms with van der Waals surface area (Å²) in [5.41, 5.74) is 0. The second-order valence-corrected chi connectivity index (χ2v) is 31.0. The van der Waals surface area contributed by atoms with Crippen molar-refractivity contribution in [2.24, 2.45) is 11.8 Å². The van der Waals surface area contributed by atoms with Gasteiger partial charge in [0.25, 0.3) is 0 Å². The molecule has 0 saturated carbocycles. The summed E-state index contributed by atoms with van der Waals surface area (Å²) in [4.78, 5) is 72.5. The first-order chi connectivity index (χ1) is 45.9. The van der Waals surface area contributed by atoms with Crippen LogP contribution in [0.3, 0.4) is 0 Å². The van der Waals surface area contributed by atoms with Crippen molar-refractivity contribution >= 4 is 39.5 Å². The maximum Gasteiger partial charge on any atom is 0.472 e. The molecule has 0 amide bonds. The molecule has 0 aliphatic rings. The third-order valence-corrected chi connectivity index (χ3v) is 20.0. The molecule has 564 valence electrons. The van der Waals surface area contributed by atoms with Gasteiger partial charge in [-0.3, -0.25) is 37.3 Å². The highest BCUT2D eigenvalue weighted by molar-refractivity contribution is 7.47. The molecule has 0 aliphatic heterocycles. The standard InChI is InChI=1S/C76H148O17P2/c1-7-10-12-14-15-16-17-18-19-20-21-22-23-24-29-32-37-42-48-54-60-75(80)93-72(65-87-74(79)59-53-47-41-36-31-28-26-25-27-30-35-40-46-51-57-69(6)9-3)67-91-95(84,85)89-63-70(77)62-88-94(82,83)90-66-71(64-86-73(78)58-52-44-13-11-8-2)92-76(81)61-55-49-43-38-33-34-39-45-50-56-68(4)5/h68-72,77H,7-67H2,1-6H3,(H,82,83)(H,84,85)/t69?,70-,71+,72+/m0/s1. The first kappa shape index (κ1) is 93.1. The minimum absolute atomic E-state index is 0.105. The lowest BCUT2D eigenvalue weighted by Crippen LogP contribution is -2.30. The average Bonchev–Trinajstić information content (AvgIpc) is 1.68. The topological polar surface area (TPSA) is 237 Å². The van der Waals surface area contributed by atoms with Crippen LogP contribution in [0.2, 0.25) is 0 Å². The van der Waals surface area contributed by atoms with E-state index in [-0.39, 0.29) is 25.7 Å². The number of phosphoric acid groups is 2. The van der Waals surface area contributed by atoms with Crippen molar-refractivity contribution in [3.05, 3.63) is 0 Å². The van der Waals surface area contributed by atoms with Gasteiger partial charge in [0, 0.05) is 25.7 Å². The molecule has 0 aliphatic carbocycles. The maximum atomic E-state index is 13.1. The van der Waals surface area contributed by atoms with Crippen molar-refractivity contribution in [2.45, 2.75) is 413 Å². The molecule has 0 bridgehead atoms. The van der Waals surface area contributed by atoms with Gasteiger partial charge in [-0.05, 0) is 37.5 Å². The molecule has 0 saturated heterocycles. The molecule has 3 unspecified atom stereocenters. The number of aliphatic hydroxyl groups is 1. The summed E-state index contributed by atoms with van der Waals surface area (Å²) in [5, 5.41) is 10.6. The molecule has 0 radical (unpaired) electrons. The number of hydrogen-bond acceptors (Lipinski definition) is 15. The molecule has 0 aromatic heterocycles. The second-order valence-electron chi connectivity index (χ2n) is 28.1. The van der Waals surface area contributed by atoms with E-state index < -0.39 is 97.5 Å². The van der Waals surface area contributed by atoms with E-state index in [1.807, 2.05) is 0 Å². The van der Waals surface area contributed by atoms with E-state index in [1.54, 1.807) is 0 Å². The van der Waals surface area contributed by atoms with Crippen LogP contribution in [0.5, 0.6) is 0 Å². The fraction of sp³-hybridized carbons (Fsp3) is 0.947. The molecule has 0 aromatic rings. The van der Waals surface area contributed by atoms with E-state index in [0.29, 0.717) is 25.7 Å². The van der Waals surface area contributed by atoms with Crippen molar-refractivity contribution in [1.29, 1.82) is 0 Å². The van der Waals surface area contributed by atoms with Crippen LogP contribution in [0.1, 0.15) is 395 Å². The van der Waals surface area contributed by atoms with E-state index in [4.69, 9.17) is 37.0 Å². The van der Waals surface area contributed by atoms with E-state index in [9.17, 15) is 43.2 Å². The number of carbonyl (C=O) groups excluding carboxylic acids is 4. The molecule has 0 spiro atoms. The van der Waals surface area contributed by atoms with Gasteiger partial charge in [0.05, 0.1) is 26.4 Å². The summed E-state index contributed by atoms with van der Waals surface area (Å²) in [5.74, 6) is -0.541. The molecule has 0 heterocycles. The van der Waals surface area contributed by atoms with Crippen LogP contribution in [0.25, 0.3) is 0 Å². The highest BCUT2D eigenvalue weighted by atomic mass is 31.2. The van der Waals surface area contributed by atoms with E-state index in [0.717, 1.165) is 108 Å². The zero-order chi connectivity index (χ0) is 70.0. The molecule has 17 nitrogen and oxygen atoms in total. The van der Waals surface area contributed by atoms with Crippen LogP contribution in [0, 0.1) is 11.8 Å². The quantitative estimate of drug-likeness (QED) is 0.0222. The van der Waals surface area contributed by atoms with E-state index in [2.05, 4.69) is 41.5 Å². The second kappa shape index (κ2) is 67.9. The minimum atomic E-state index is -4.96. The smallest absolute Gasteiger partial charge is 0.462 e.